The predicted octanol–water partition coefficient (Wildman–Crippen LogP) is 2.76. The maximum Gasteiger partial charge on any atom is 0.234 e. The van der Waals surface area contributed by atoms with Gasteiger partial charge in [0.15, 0.2) is 0 Å². The maximum atomic E-state index is 11.7. The molecule has 0 aromatic heterocycles. The molecule has 0 bridgehead atoms. The summed E-state index contributed by atoms with van der Waals surface area (Å²) in [5.74, 6) is 0.950. The molecule has 1 unspecified atom stereocenters. The number of methoxy groups -OCH3 is 1. The third-order valence-corrected chi connectivity index (χ3v) is 4.04. The molecule has 1 aromatic carbocycles. The van der Waals surface area contributed by atoms with Gasteiger partial charge in [-0.1, -0.05) is 18.5 Å². The van der Waals surface area contributed by atoms with Crippen LogP contribution in [0.4, 0.5) is 5.69 Å². The second-order valence-electron chi connectivity index (χ2n) is 4.10. The predicted molar refractivity (Wildman–Crippen MR) is 82.2 cm³/mol. The molecule has 0 saturated carbocycles. The Labute approximate surface area is 123 Å². The summed E-state index contributed by atoms with van der Waals surface area (Å²) in [5, 5.41) is 3.66. The molecule has 6 heteroatoms. The molecular formula is C13H19ClN2O2S. The van der Waals surface area contributed by atoms with Crippen LogP contribution in [0, 0.1) is 0 Å². The minimum absolute atomic E-state index is 0.0462. The summed E-state index contributed by atoms with van der Waals surface area (Å²) in [6.07, 6.45) is 0.909. The first-order chi connectivity index (χ1) is 9.06. The van der Waals surface area contributed by atoms with Crippen molar-refractivity contribution in [2.24, 2.45) is 5.73 Å². The van der Waals surface area contributed by atoms with Crippen LogP contribution in [0.2, 0.25) is 5.02 Å². The molecule has 0 saturated heterocycles. The van der Waals surface area contributed by atoms with Crippen molar-refractivity contribution >= 4 is 35.0 Å². The number of halogens is 1. The van der Waals surface area contributed by atoms with Gasteiger partial charge in [0.25, 0.3) is 0 Å². The van der Waals surface area contributed by atoms with Crippen LogP contribution in [0.1, 0.15) is 13.3 Å². The van der Waals surface area contributed by atoms with Crippen molar-refractivity contribution < 1.29 is 9.53 Å². The average molecular weight is 303 g/mol. The lowest BCUT2D eigenvalue weighted by Gasteiger charge is -2.10. The van der Waals surface area contributed by atoms with E-state index < -0.39 is 0 Å². The van der Waals surface area contributed by atoms with Crippen molar-refractivity contribution in [2.45, 2.75) is 18.6 Å². The lowest BCUT2D eigenvalue weighted by molar-refractivity contribution is -0.113. The van der Waals surface area contributed by atoms with Crippen LogP contribution in [0.15, 0.2) is 18.2 Å². The Morgan fingerprint density at radius 2 is 2.32 bits per heavy atom. The Hall–Kier alpha value is -0.910. The molecular weight excluding hydrogens is 284 g/mol. The molecule has 0 fully saturated rings. The number of anilines is 1. The van der Waals surface area contributed by atoms with Crippen molar-refractivity contribution in [3.05, 3.63) is 23.2 Å². The van der Waals surface area contributed by atoms with Gasteiger partial charge in [0, 0.05) is 10.9 Å². The van der Waals surface area contributed by atoms with Gasteiger partial charge in [-0.3, -0.25) is 4.79 Å². The van der Waals surface area contributed by atoms with Gasteiger partial charge in [0.1, 0.15) is 5.75 Å². The Bertz CT molecular complexity index is 429. The zero-order chi connectivity index (χ0) is 14.3. The summed E-state index contributed by atoms with van der Waals surface area (Å²) >= 11 is 7.58. The number of ether oxygens (including phenoxy) is 1. The number of carbonyl (C=O) groups excluding carboxylic acids is 1. The van der Waals surface area contributed by atoms with Gasteiger partial charge in [-0.05, 0) is 31.2 Å². The summed E-state index contributed by atoms with van der Waals surface area (Å²) in [5.41, 5.74) is 6.13. The third kappa shape index (κ3) is 5.72. The van der Waals surface area contributed by atoms with Gasteiger partial charge in [0.05, 0.1) is 17.9 Å². The summed E-state index contributed by atoms with van der Waals surface area (Å²) in [7, 11) is 1.55. The molecule has 1 rings (SSSR count). The fourth-order valence-electron chi connectivity index (χ4n) is 1.48. The van der Waals surface area contributed by atoms with Crippen LogP contribution < -0.4 is 15.8 Å². The Morgan fingerprint density at radius 1 is 1.58 bits per heavy atom. The zero-order valence-corrected chi connectivity index (χ0v) is 12.7. The number of nitrogens with one attached hydrogen (secondary N) is 1. The third-order valence-electron chi connectivity index (χ3n) is 2.51. The van der Waals surface area contributed by atoms with Crippen LogP contribution in [-0.2, 0) is 4.79 Å². The summed E-state index contributed by atoms with van der Waals surface area (Å²) < 4.78 is 5.05. The van der Waals surface area contributed by atoms with Gasteiger partial charge in [-0.2, -0.15) is 0 Å². The molecule has 1 atom stereocenters. The summed E-state index contributed by atoms with van der Waals surface area (Å²) in [6, 6.07) is 5.16. The molecule has 19 heavy (non-hydrogen) atoms. The van der Waals surface area contributed by atoms with E-state index in [0.29, 0.717) is 34.0 Å². The van der Waals surface area contributed by atoms with Crippen molar-refractivity contribution in [2.75, 3.05) is 24.7 Å². The van der Waals surface area contributed by atoms with E-state index in [1.165, 1.54) is 0 Å². The van der Waals surface area contributed by atoms with E-state index in [2.05, 4.69) is 12.2 Å². The van der Waals surface area contributed by atoms with E-state index in [-0.39, 0.29) is 5.91 Å². The van der Waals surface area contributed by atoms with Gasteiger partial charge < -0.3 is 15.8 Å². The monoisotopic (exact) mass is 302 g/mol. The first kappa shape index (κ1) is 16.1. The van der Waals surface area contributed by atoms with E-state index in [9.17, 15) is 4.79 Å². The highest BCUT2D eigenvalue weighted by molar-refractivity contribution is 8.00. The minimum atomic E-state index is -0.0462. The van der Waals surface area contributed by atoms with Crippen LogP contribution in [0.25, 0.3) is 0 Å². The highest BCUT2D eigenvalue weighted by atomic mass is 35.5. The second-order valence-corrected chi connectivity index (χ2v) is 5.93. The zero-order valence-electron chi connectivity index (χ0n) is 11.1. The Morgan fingerprint density at radius 3 is 2.89 bits per heavy atom. The van der Waals surface area contributed by atoms with Crippen molar-refractivity contribution in [3.8, 4) is 5.75 Å². The van der Waals surface area contributed by atoms with Crippen molar-refractivity contribution in [1.29, 1.82) is 0 Å². The molecule has 4 nitrogen and oxygen atoms in total. The quantitative estimate of drug-likeness (QED) is 0.813. The molecule has 3 N–H and O–H groups in total. The normalized spacial score (nSPS) is 12.0. The summed E-state index contributed by atoms with van der Waals surface area (Å²) in [6.45, 7) is 2.71. The lowest BCUT2D eigenvalue weighted by Crippen LogP contribution is -2.17. The number of hydrogen-bond donors (Lipinski definition) is 2. The highest BCUT2D eigenvalue weighted by Gasteiger charge is 2.08. The van der Waals surface area contributed by atoms with E-state index in [0.717, 1.165) is 6.42 Å². The highest BCUT2D eigenvalue weighted by Crippen LogP contribution is 2.27. The van der Waals surface area contributed by atoms with Crippen molar-refractivity contribution in [3.63, 3.8) is 0 Å². The molecule has 0 aliphatic heterocycles. The van der Waals surface area contributed by atoms with Crippen LogP contribution in [0.5, 0.6) is 5.75 Å². The smallest absolute Gasteiger partial charge is 0.234 e. The molecule has 106 valence electrons. The first-order valence-electron chi connectivity index (χ1n) is 6.02. The van der Waals surface area contributed by atoms with Gasteiger partial charge in [0.2, 0.25) is 5.91 Å². The molecule has 0 aliphatic rings. The number of rotatable bonds is 7. The van der Waals surface area contributed by atoms with Gasteiger partial charge in [-0.25, -0.2) is 0 Å². The second kappa shape index (κ2) is 8.30. The van der Waals surface area contributed by atoms with E-state index in [1.807, 2.05) is 0 Å². The Balaban J connectivity index is 2.46. The fourth-order valence-corrected chi connectivity index (χ4v) is 2.55. The van der Waals surface area contributed by atoms with Crippen molar-refractivity contribution in [1.82, 2.24) is 0 Å². The molecule has 0 spiro atoms. The number of thioether (sulfide) groups is 1. The lowest BCUT2D eigenvalue weighted by atomic mass is 10.3. The molecule has 0 radical (unpaired) electrons. The SMILES string of the molecule is COc1ccc(NC(=O)CSC(C)CCN)cc1Cl. The van der Waals surface area contributed by atoms with E-state index >= 15 is 0 Å². The van der Waals surface area contributed by atoms with Crippen LogP contribution >= 0.6 is 23.4 Å². The number of nitrogens with two attached hydrogens (primary N) is 1. The standard InChI is InChI=1S/C13H19ClN2O2S/c1-9(5-6-15)19-8-13(17)16-10-3-4-12(18-2)11(14)7-10/h3-4,7,9H,5-6,8,15H2,1-2H3,(H,16,17). The van der Waals surface area contributed by atoms with Gasteiger partial charge >= 0.3 is 0 Å². The molecule has 1 amide bonds. The van der Waals surface area contributed by atoms with E-state index in [1.54, 1.807) is 37.1 Å². The maximum absolute atomic E-state index is 11.7. The largest absolute Gasteiger partial charge is 0.495 e. The molecule has 0 heterocycles. The van der Waals surface area contributed by atoms with E-state index in [4.69, 9.17) is 22.1 Å². The summed E-state index contributed by atoms with van der Waals surface area (Å²) in [4.78, 5) is 11.7. The number of benzene rings is 1. The topological polar surface area (TPSA) is 64.3 Å². The Kier molecular flexibility index (Phi) is 7.05. The fraction of sp³-hybridized carbons (Fsp3) is 0.462. The van der Waals surface area contributed by atoms with Crippen LogP contribution in [0.3, 0.4) is 0 Å². The average Bonchev–Trinajstić information content (AvgIpc) is 2.37. The van der Waals surface area contributed by atoms with Gasteiger partial charge in [-0.15, -0.1) is 11.8 Å². The van der Waals surface area contributed by atoms with Crippen LogP contribution in [-0.4, -0.2) is 30.6 Å². The number of carbonyl (C=O) groups is 1. The number of hydrogen-bond acceptors (Lipinski definition) is 4. The first-order valence-corrected chi connectivity index (χ1v) is 7.44. The molecule has 1 aromatic rings. The number of amides is 1. The molecule has 0 aliphatic carbocycles. The minimum Gasteiger partial charge on any atom is -0.495 e.